The van der Waals surface area contributed by atoms with Crippen LogP contribution in [0.1, 0.15) is 32.5 Å². The number of carbonyl (C=O) groups is 1. The molecule has 0 bridgehead atoms. The molecule has 4 aromatic rings. The highest BCUT2D eigenvalue weighted by atomic mass is 35.5. The Kier molecular flexibility index (Phi) is 4.07. The molecule has 1 atom stereocenters. The van der Waals surface area contributed by atoms with Crippen molar-refractivity contribution in [2.24, 2.45) is 0 Å². The molecule has 28 heavy (non-hydrogen) atoms. The molecule has 1 aliphatic heterocycles. The summed E-state index contributed by atoms with van der Waals surface area (Å²) in [5.74, 6) is -0.0819. The first-order valence-corrected chi connectivity index (χ1v) is 10.2. The predicted molar refractivity (Wildman–Crippen MR) is 113 cm³/mol. The molecule has 4 nitrogen and oxygen atoms in total. The third-order valence-electron chi connectivity index (χ3n) is 5.01. The molecular weight excluding hydrogens is 390 g/mol. The Morgan fingerprint density at radius 3 is 2.50 bits per heavy atom. The number of carbonyl (C=O) groups excluding carboxylic acids is 1. The number of halogens is 1. The lowest BCUT2D eigenvalue weighted by atomic mass is 10.00. The summed E-state index contributed by atoms with van der Waals surface area (Å²) in [4.78, 5) is 16.2. The molecule has 1 amide bonds. The Labute approximate surface area is 171 Å². The van der Waals surface area contributed by atoms with E-state index < -0.39 is 0 Å². The zero-order chi connectivity index (χ0) is 19.3. The van der Waals surface area contributed by atoms with E-state index in [0.717, 1.165) is 27.4 Å². The van der Waals surface area contributed by atoms with Crippen LogP contribution >= 0.6 is 22.9 Å². The van der Waals surface area contributed by atoms with Gasteiger partial charge in [-0.3, -0.25) is 14.8 Å². The lowest BCUT2D eigenvalue weighted by Gasteiger charge is -2.25. The maximum absolute atomic E-state index is 13.3. The Morgan fingerprint density at radius 2 is 1.82 bits per heavy atom. The van der Waals surface area contributed by atoms with Gasteiger partial charge in [-0.15, -0.1) is 11.3 Å². The molecule has 138 valence electrons. The van der Waals surface area contributed by atoms with E-state index >= 15 is 0 Å². The van der Waals surface area contributed by atoms with Crippen molar-refractivity contribution in [2.75, 3.05) is 4.90 Å². The number of thiophene rings is 1. The van der Waals surface area contributed by atoms with E-state index in [1.807, 2.05) is 52.7 Å². The van der Waals surface area contributed by atoms with Gasteiger partial charge in [-0.25, -0.2) is 0 Å². The molecule has 0 radical (unpaired) electrons. The summed E-state index contributed by atoms with van der Waals surface area (Å²) in [6, 6.07) is 19.4. The van der Waals surface area contributed by atoms with Gasteiger partial charge in [0, 0.05) is 26.7 Å². The standard InChI is InChI=1S/C22H16ClN3OS/c1-13-4-6-14(7-5-13)19-18-20(25-24-19)22(27)26(16-10-8-15(23)9-11-16)21(18)17-3-2-12-28-17/h2-12,21H,1H3,(H,24,25)/t21-/m0/s1. The van der Waals surface area contributed by atoms with Crippen molar-refractivity contribution in [1.82, 2.24) is 10.2 Å². The Hall–Kier alpha value is -2.89. The molecular formula is C22H16ClN3OS. The molecule has 2 aromatic heterocycles. The minimum atomic E-state index is -0.223. The van der Waals surface area contributed by atoms with Crippen LogP contribution in [-0.4, -0.2) is 16.1 Å². The van der Waals surface area contributed by atoms with Crippen molar-refractivity contribution in [3.05, 3.63) is 92.8 Å². The molecule has 5 rings (SSSR count). The van der Waals surface area contributed by atoms with Crippen molar-refractivity contribution in [2.45, 2.75) is 13.0 Å². The number of rotatable bonds is 3. The third-order valence-corrected chi connectivity index (χ3v) is 6.19. The van der Waals surface area contributed by atoms with E-state index in [4.69, 9.17) is 11.6 Å². The van der Waals surface area contributed by atoms with Gasteiger partial charge < -0.3 is 0 Å². The Bertz CT molecular complexity index is 1150. The monoisotopic (exact) mass is 405 g/mol. The van der Waals surface area contributed by atoms with Crippen molar-refractivity contribution < 1.29 is 4.79 Å². The first kappa shape index (κ1) is 17.2. The lowest BCUT2D eigenvalue weighted by Crippen LogP contribution is -2.28. The molecule has 1 aliphatic rings. The van der Waals surface area contributed by atoms with Gasteiger partial charge in [-0.2, -0.15) is 5.10 Å². The van der Waals surface area contributed by atoms with E-state index in [9.17, 15) is 4.79 Å². The number of nitrogens with one attached hydrogen (secondary N) is 1. The number of aryl methyl sites for hydroxylation is 1. The molecule has 0 unspecified atom stereocenters. The minimum Gasteiger partial charge on any atom is -0.294 e. The molecule has 0 saturated carbocycles. The minimum absolute atomic E-state index is 0.0819. The van der Waals surface area contributed by atoms with Crippen LogP contribution in [0.25, 0.3) is 11.3 Å². The average Bonchev–Trinajstić information content (AvgIpc) is 3.42. The van der Waals surface area contributed by atoms with Gasteiger partial charge in [0.25, 0.3) is 5.91 Å². The van der Waals surface area contributed by atoms with Crippen molar-refractivity contribution in [3.8, 4) is 11.3 Å². The highest BCUT2D eigenvalue weighted by molar-refractivity contribution is 7.10. The number of fused-ring (bicyclic) bond motifs is 1. The largest absolute Gasteiger partial charge is 0.294 e. The van der Waals surface area contributed by atoms with Gasteiger partial charge in [0.1, 0.15) is 11.7 Å². The normalized spacial score (nSPS) is 15.9. The maximum atomic E-state index is 13.3. The topological polar surface area (TPSA) is 49.0 Å². The summed E-state index contributed by atoms with van der Waals surface area (Å²) >= 11 is 7.69. The molecule has 6 heteroatoms. The second-order valence-corrected chi connectivity index (χ2v) is 8.21. The van der Waals surface area contributed by atoms with E-state index in [1.54, 1.807) is 11.3 Å². The highest BCUT2D eigenvalue weighted by Crippen LogP contribution is 2.46. The van der Waals surface area contributed by atoms with Crippen LogP contribution in [0, 0.1) is 6.92 Å². The van der Waals surface area contributed by atoms with Crippen molar-refractivity contribution in [3.63, 3.8) is 0 Å². The molecule has 3 heterocycles. The van der Waals surface area contributed by atoms with Gasteiger partial charge in [-0.1, -0.05) is 47.5 Å². The summed E-state index contributed by atoms with van der Waals surface area (Å²) in [5, 5.41) is 10.2. The first-order chi connectivity index (χ1) is 13.6. The Balaban J connectivity index is 1.70. The second-order valence-electron chi connectivity index (χ2n) is 6.80. The van der Waals surface area contributed by atoms with Crippen LogP contribution in [0.15, 0.2) is 66.0 Å². The number of anilines is 1. The number of H-pyrrole nitrogens is 1. The summed E-state index contributed by atoms with van der Waals surface area (Å²) in [6.07, 6.45) is 0. The summed E-state index contributed by atoms with van der Waals surface area (Å²) in [5.41, 5.74) is 5.28. The van der Waals surface area contributed by atoms with Gasteiger partial charge >= 0.3 is 0 Å². The van der Waals surface area contributed by atoms with Crippen LogP contribution < -0.4 is 4.90 Å². The fourth-order valence-corrected chi connectivity index (χ4v) is 4.61. The molecule has 0 fully saturated rings. The molecule has 0 saturated heterocycles. The van der Waals surface area contributed by atoms with Gasteiger partial charge in [0.2, 0.25) is 0 Å². The first-order valence-electron chi connectivity index (χ1n) is 8.91. The van der Waals surface area contributed by atoms with E-state index in [0.29, 0.717) is 10.7 Å². The van der Waals surface area contributed by atoms with Crippen LogP contribution in [0.3, 0.4) is 0 Å². The fourth-order valence-electron chi connectivity index (χ4n) is 3.66. The number of amides is 1. The zero-order valence-corrected chi connectivity index (χ0v) is 16.6. The molecule has 0 spiro atoms. The van der Waals surface area contributed by atoms with Crippen LogP contribution in [0.2, 0.25) is 5.02 Å². The zero-order valence-electron chi connectivity index (χ0n) is 15.0. The van der Waals surface area contributed by atoms with Crippen LogP contribution in [0.4, 0.5) is 5.69 Å². The third kappa shape index (κ3) is 2.66. The molecule has 2 aromatic carbocycles. The van der Waals surface area contributed by atoms with Crippen LogP contribution in [0.5, 0.6) is 0 Å². The summed E-state index contributed by atoms with van der Waals surface area (Å²) in [6.45, 7) is 2.05. The SMILES string of the molecule is Cc1ccc(-c2n[nH]c3c2[C@H](c2cccs2)N(c2ccc(Cl)cc2)C3=O)cc1. The van der Waals surface area contributed by atoms with Gasteiger partial charge in [0.15, 0.2) is 0 Å². The smallest absolute Gasteiger partial charge is 0.277 e. The molecule has 0 aliphatic carbocycles. The second kappa shape index (κ2) is 6.62. The number of hydrogen-bond acceptors (Lipinski definition) is 3. The fraction of sp³-hybridized carbons (Fsp3) is 0.0909. The summed E-state index contributed by atoms with van der Waals surface area (Å²) < 4.78 is 0. The van der Waals surface area contributed by atoms with E-state index in [-0.39, 0.29) is 11.9 Å². The van der Waals surface area contributed by atoms with Crippen LogP contribution in [-0.2, 0) is 0 Å². The average molecular weight is 406 g/mol. The number of benzene rings is 2. The predicted octanol–water partition coefficient (Wildman–Crippen LogP) is 5.85. The van der Waals surface area contributed by atoms with Crippen molar-refractivity contribution >= 4 is 34.5 Å². The van der Waals surface area contributed by atoms with Gasteiger partial charge in [-0.05, 0) is 42.6 Å². The number of aromatic amines is 1. The number of hydrogen-bond donors (Lipinski definition) is 1. The Morgan fingerprint density at radius 1 is 1.07 bits per heavy atom. The number of aromatic nitrogens is 2. The summed E-state index contributed by atoms with van der Waals surface area (Å²) in [7, 11) is 0. The number of nitrogens with zero attached hydrogens (tertiary/aromatic N) is 2. The van der Waals surface area contributed by atoms with Crippen molar-refractivity contribution in [1.29, 1.82) is 0 Å². The highest BCUT2D eigenvalue weighted by Gasteiger charge is 2.43. The maximum Gasteiger partial charge on any atom is 0.277 e. The molecule has 1 N–H and O–H groups in total. The van der Waals surface area contributed by atoms with E-state index in [2.05, 4.69) is 35.3 Å². The quantitative estimate of drug-likeness (QED) is 0.464. The van der Waals surface area contributed by atoms with Gasteiger partial charge in [0.05, 0.1) is 5.69 Å². The van der Waals surface area contributed by atoms with E-state index in [1.165, 1.54) is 5.56 Å². The lowest BCUT2D eigenvalue weighted by molar-refractivity contribution is 0.0989.